The second-order valence-corrected chi connectivity index (χ2v) is 3.57. The highest BCUT2D eigenvalue weighted by atomic mass is 79.9. The molecule has 0 aromatic heterocycles. The van der Waals surface area contributed by atoms with Crippen LogP contribution in [0.25, 0.3) is 0 Å². The monoisotopic (exact) mass is 270 g/mol. The molecule has 0 radical (unpaired) electrons. The predicted molar refractivity (Wildman–Crippen MR) is 48.5 cm³/mol. The standard InChI is InChI=1S/C7H14N2O2S.BrH/c1-6(10)12-5-4-9-7(11)2-3-8;/h2-5,8H2,1H3,(H,9,11);1H. The summed E-state index contributed by atoms with van der Waals surface area (Å²) >= 11 is 1.22. The Morgan fingerprint density at radius 1 is 1.46 bits per heavy atom. The summed E-state index contributed by atoms with van der Waals surface area (Å²) < 4.78 is 0. The Morgan fingerprint density at radius 3 is 2.54 bits per heavy atom. The minimum absolute atomic E-state index is 0. The molecular formula is C7H15BrN2O2S. The molecular weight excluding hydrogens is 256 g/mol. The van der Waals surface area contributed by atoms with E-state index in [0.29, 0.717) is 25.3 Å². The number of quaternary nitrogens is 1. The van der Waals surface area contributed by atoms with Crippen molar-refractivity contribution >= 4 is 22.8 Å². The lowest BCUT2D eigenvalue weighted by molar-refractivity contribution is -0.366. The zero-order valence-corrected chi connectivity index (χ0v) is 10.0. The Bertz CT molecular complexity index is 167. The molecule has 0 aliphatic heterocycles. The highest BCUT2D eigenvalue weighted by Gasteiger charge is 1.99. The van der Waals surface area contributed by atoms with Gasteiger partial charge in [-0.25, -0.2) is 0 Å². The molecule has 0 spiro atoms. The van der Waals surface area contributed by atoms with Crippen molar-refractivity contribution in [1.29, 1.82) is 0 Å². The summed E-state index contributed by atoms with van der Waals surface area (Å²) in [4.78, 5) is 21.3. The van der Waals surface area contributed by atoms with E-state index in [4.69, 9.17) is 0 Å². The van der Waals surface area contributed by atoms with Crippen molar-refractivity contribution in [1.82, 2.24) is 5.32 Å². The molecule has 0 aliphatic rings. The van der Waals surface area contributed by atoms with E-state index >= 15 is 0 Å². The van der Waals surface area contributed by atoms with E-state index in [-0.39, 0.29) is 28.0 Å². The van der Waals surface area contributed by atoms with Crippen molar-refractivity contribution in [3.8, 4) is 0 Å². The number of carbonyl (C=O) groups excluding carboxylic acids is 2. The molecule has 0 unspecified atom stereocenters. The Balaban J connectivity index is 0. The smallest absolute Gasteiger partial charge is 0.225 e. The number of hydrogen-bond donors (Lipinski definition) is 2. The molecule has 0 heterocycles. The third-order valence-electron chi connectivity index (χ3n) is 1.13. The Hall–Kier alpha value is -0.0700. The maximum atomic E-state index is 10.8. The zero-order valence-electron chi connectivity index (χ0n) is 7.64. The molecule has 1 amide bonds. The molecule has 0 saturated carbocycles. The fourth-order valence-corrected chi connectivity index (χ4v) is 1.13. The summed E-state index contributed by atoms with van der Waals surface area (Å²) in [6.07, 6.45) is 0.463. The average Bonchev–Trinajstić information content (AvgIpc) is 1.98. The Kier molecular flexibility index (Phi) is 11.9. The van der Waals surface area contributed by atoms with Gasteiger partial charge >= 0.3 is 0 Å². The maximum absolute atomic E-state index is 10.8. The highest BCUT2D eigenvalue weighted by molar-refractivity contribution is 8.13. The molecule has 0 atom stereocenters. The molecule has 0 fully saturated rings. The molecule has 4 N–H and O–H groups in total. The summed E-state index contributed by atoms with van der Waals surface area (Å²) in [7, 11) is 0. The molecule has 0 aliphatic carbocycles. The first-order chi connectivity index (χ1) is 5.66. The lowest BCUT2D eigenvalue weighted by Crippen LogP contribution is -3.00. The van der Waals surface area contributed by atoms with Crippen LogP contribution in [0.2, 0.25) is 0 Å². The lowest BCUT2D eigenvalue weighted by Gasteiger charge is -2.00. The van der Waals surface area contributed by atoms with E-state index in [2.05, 4.69) is 11.1 Å². The van der Waals surface area contributed by atoms with Crippen molar-refractivity contribution < 1.29 is 32.3 Å². The van der Waals surface area contributed by atoms with Crippen molar-refractivity contribution in [2.45, 2.75) is 13.3 Å². The van der Waals surface area contributed by atoms with Crippen LogP contribution in [0.4, 0.5) is 0 Å². The van der Waals surface area contributed by atoms with Gasteiger partial charge in [-0.1, -0.05) is 11.8 Å². The van der Waals surface area contributed by atoms with E-state index in [9.17, 15) is 9.59 Å². The number of nitrogens with one attached hydrogen (secondary N) is 1. The molecule has 0 rings (SSSR count). The summed E-state index contributed by atoms with van der Waals surface area (Å²) in [5.41, 5.74) is 3.56. The van der Waals surface area contributed by atoms with Gasteiger partial charge in [0.1, 0.15) is 0 Å². The van der Waals surface area contributed by atoms with E-state index in [0.717, 1.165) is 0 Å². The van der Waals surface area contributed by atoms with Crippen LogP contribution in [0, 0.1) is 0 Å². The minimum Gasteiger partial charge on any atom is -1.00 e. The fourth-order valence-electron chi connectivity index (χ4n) is 0.634. The molecule has 0 aromatic rings. The van der Waals surface area contributed by atoms with Crippen LogP contribution < -0.4 is 28.0 Å². The maximum Gasteiger partial charge on any atom is 0.225 e. The Morgan fingerprint density at radius 2 is 2.08 bits per heavy atom. The molecule has 4 nitrogen and oxygen atoms in total. The van der Waals surface area contributed by atoms with Gasteiger partial charge in [-0.2, -0.15) is 0 Å². The zero-order chi connectivity index (χ0) is 9.40. The summed E-state index contributed by atoms with van der Waals surface area (Å²) in [5.74, 6) is 0.659. The van der Waals surface area contributed by atoms with E-state index in [1.807, 2.05) is 0 Å². The first-order valence-electron chi connectivity index (χ1n) is 3.86. The number of carbonyl (C=O) groups is 2. The van der Waals surface area contributed by atoms with Gasteiger partial charge in [-0.3, -0.25) is 9.59 Å². The van der Waals surface area contributed by atoms with Crippen LogP contribution in [0.5, 0.6) is 0 Å². The van der Waals surface area contributed by atoms with Crippen LogP contribution in [0.15, 0.2) is 0 Å². The molecule has 0 bridgehead atoms. The molecule has 0 aromatic carbocycles. The Labute approximate surface area is 92.8 Å². The SMILES string of the molecule is CC(=O)SCCNC(=O)CC[NH3+].[Br-]. The van der Waals surface area contributed by atoms with Crippen LogP contribution in [0.3, 0.4) is 0 Å². The third-order valence-corrected chi connectivity index (χ3v) is 1.95. The average molecular weight is 271 g/mol. The summed E-state index contributed by atoms with van der Waals surface area (Å²) in [5, 5.41) is 2.77. The van der Waals surface area contributed by atoms with Crippen LogP contribution in [-0.2, 0) is 9.59 Å². The predicted octanol–water partition coefficient (Wildman–Crippen LogP) is -3.98. The quantitative estimate of drug-likeness (QED) is 0.501. The van der Waals surface area contributed by atoms with E-state index in [1.165, 1.54) is 18.7 Å². The van der Waals surface area contributed by atoms with Gasteiger partial charge in [0.2, 0.25) is 5.91 Å². The summed E-state index contributed by atoms with van der Waals surface area (Å²) in [6, 6.07) is 0. The number of amides is 1. The van der Waals surface area contributed by atoms with Gasteiger partial charge in [0.05, 0.1) is 13.0 Å². The van der Waals surface area contributed by atoms with Crippen molar-refractivity contribution in [2.75, 3.05) is 18.8 Å². The van der Waals surface area contributed by atoms with Gasteiger partial charge in [-0.05, 0) is 0 Å². The van der Waals surface area contributed by atoms with E-state index in [1.54, 1.807) is 0 Å². The topological polar surface area (TPSA) is 73.8 Å². The molecule has 13 heavy (non-hydrogen) atoms. The van der Waals surface area contributed by atoms with Gasteiger partial charge < -0.3 is 28.0 Å². The number of halogens is 1. The van der Waals surface area contributed by atoms with Gasteiger partial charge in [0.15, 0.2) is 5.12 Å². The fraction of sp³-hybridized carbons (Fsp3) is 0.714. The molecule has 78 valence electrons. The van der Waals surface area contributed by atoms with Crippen LogP contribution >= 0.6 is 11.8 Å². The van der Waals surface area contributed by atoms with Gasteiger partial charge in [0, 0.05) is 19.2 Å². The largest absolute Gasteiger partial charge is 1.00 e. The first kappa shape index (κ1) is 15.4. The second-order valence-electron chi connectivity index (χ2n) is 2.29. The van der Waals surface area contributed by atoms with Crippen molar-refractivity contribution in [3.05, 3.63) is 0 Å². The summed E-state index contributed by atoms with van der Waals surface area (Å²) in [6.45, 7) is 2.69. The van der Waals surface area contributed by atoms with Crippen molar-refractivity contribution in [3.63, 3.8) is 0 Å². The van der Waals surface area contributed by atoms with E-state index < -0.39 is 0 Å². The van der Waals surface area contributed by atoms with Crippen LogP contribution in [-0.4, -0.2) is 29.9 Å². The van der Waals surface area contributed by atoms with Crippen molar-refractivity contribution in [2.24, 2.45) is 0 Å². The second kappa shape index (κ2) is 10.0. The third kappa shape index (κ3) is 11.9. The van der Waals surface area contributed by atoms with Gasteiger partial charge in [-0.15, -0.1) is 0 Å². The van der Waals surface area contributed by atoms with Crippen LogP contribution in [0.1, 0.15) is 13.3 Å². The normalized spacial score (nSPS) is 8.77. The number of hydrogen-bond acceptors (Lipinski definition) is 3. The molecule has 0 saturated heterocycles. The minimum atomic E-state index is 0. The lowest BCUT2D eigenvalue weighted by atomic mass is 10.4. The molecule has 6 heteroatoms. The number of thioether (sulfide) groups is 1. The first-order valence-corrected chi connectivity index (χ1v) is 4.84. The number of rotatable bonds is 5. The van der Waals surface area contributed by atoms with Gasteiger partial charge in [0.25, 0.3) is 0 Å². The highest BCUT2D eigenvalue weighted by Crippen LogP contribution is 1.97.